The third-order valence-electron chi connectivity index (χ3n) is 6.08. The van der Waals surface area contributed by atoms with E-state index in [1.165, 1.54) is 0 Å². The van der Waals surface area contributed by atoms with Gasteiger partial charge in [0.15, 0.2) is 5.65 Å². The van der Waals surface area contributed by atoms with Crippen LogP contribution in [-0.4, -0.2) is 30.9 Å². The van der Waals surface area contributed by atoms with Gasteiger partial charge in [-0.25, -0.2) is 14.8 Å². The van der Waals surface area contributed by atoms with Gasteiger partial charge in [0.1, 0.15) is 5.69 Å². The number of aromatic nitrogens is 5. The summed E-state index contributed by atoms with van der Waals surface area (Å²) in [6.45, 7) is 4.07. The summed E-state index contributed by atoms with van der Waals surface area (Å²) < 4.78 is 3.60. The maximum atomic E-state index is 13.1. The van der Waals surface area contributed by atoms with Crippen molar-refractivity contribution in [3.63, 3.8) is 0 Å². The van der Waals surface area contributed by atoms with E-state index in [4.69, 9.17) is 5.26 Å². The predicted molar refractivity (Wildman–Crippen MR) is 117 cm³/mol. The Morgan fingerprint density at radius 3 is 2.77 bits per heavy atom. The summed E-state index contributed by atoms with van der Waals surface area (Å²) in [6, 6.07) is 6.03. The molecule has 0 bridgehead atoms. The number of rotatable bonds is 2. The van der Waals surface area contributed by atoms with Crippen LogP contribution in [0.15, 0.2) is 41.6 Å². The van der Waals surface area contributed by atoms with Crippen molar-refractivity contribution in [1.29, 1.82) is 5.26 Å². The van der Waals surface area contributed by atoms with Gasteiger partial charge in [0.2, 0.25) is 0 Å². The number of hydrogen-bond acceptors (Lipinski definition) is 5. The minimum Gasteiger partial charge on any atom is -0.312 e. The molecule has 7 nitrogen and oxygen atoms in total. The van der Waals surface area contributed by atoms with Crippen molar-refractivity contribution in [3.8, 4) is 17.4 Å². The van der Waals surface area contributed by atoms with Gasteiger partial charge in [-0.15, -0.1) is 0 Å². The van der Waals surface area contributed by atoms with E-state index in [1.54, 1.807) is 10.7 Å². The van der Waals surface area contributed by atoms with Gasteiger partial charge >= 0.3 is 0 Å². The van der Waals surface area contributed by atoms with Gasteiger partial charge in [-0.3, -0.25) is 9.78 Å². The first-order valence-electron chi connectivity index (χ1n) is 10.3. The van der Waals surface area contributed by atoms with Crippen LogP contribution in [0.1, 0.15) is 30.1 Å². The molecule has 8 heteroatoms. The van der Waals surface area contributed by atoms with Gasteiger partial charge in [-0.2, -0.15) is 5.10 Å². The molecule has 1 fully saturated rings. The first-order valence-corrected chi connectivity index (χ1v) is 10.3. The molecule has 4 aromatic rings. The van der Waals surface area contributed by atoms with Crippen LogP contribution in [0.25, 0.3) is 27.8 Å². The van der Waals surface area contributed by atoms with Gasteiger partial charge in [0.05, 0.1) is 23.0 Å². The molecule has 0 aromatic carbocycles. The minimum absolute atomic E-state index is 0.0169. The summed E-state index contributed by atoms with van der Waals surface area (Å²) in [7, 11) is 0. The number of pyridine rings is 2. The number of nitrogens with zero attached hydrogens (tertiary/aromatic N) is 6. The molecule has 0 unspecified atom stereocenters. The Bertz CT molecular complexity index is 1370. The highest BCUT2D eigenvalue weighted by molar-refractivity contribution is 6.67. The maximum absolute atomic E-state index is 13.1. The van der Waals surface area contributed by atoms with Crippen molar-refractivity contribution in [1.82, 2.24) is 24.1 Å². The minimum atomic E-state index is -0.0169. The lowest BCUT2D eigenvalue weighted by Gasteiger charge is -2.25. The molecule has 0 aliphatic carbocycles. The Kier molecular flexibility index (Phi) is 4.39. The second kappa shape index (κ2) is 7.10. The van der Waals surface area contributed by atoms with Gasteiger partial charge < -0.3 is 4.57 Å². The smallest absolute Gasteiger partial charge is 0.268 e. The second-order valence-corrected chi connectivity index (χ2v) is 8.18. The summed E-state index contributed by atoms with van der Waals surface area (Å²) in [6.07, 6.45) is 8.86. The van der Waals surface area contributed by atoms with E-state index in [0.717, 1.165) is 59.2 Å². The molecule has 0 radical (unpaired) electrons. The molecule has 5 rings (SSSR count). The predicted octanol–water partition coefficient (Wildman–Crippen LogP) is 3.62. The zero-order valence-electron chi connectivity index (χ0n) is 17.0. The zero-order valence-corrected chi connectivity index (χ0v) is 17.0. The molecule has 0 N–H and O–H groups in total. The van der Waals surface area contributed by atoms with Crippen LogP contribution in [0.3, 0.4) is 0 Å². The molecular formula is C22H21BN6O. The Balaban J connectivity index is 1.53. The summed E-state index contributed by atoms with van der Waals surface area (Å²) in [5.74, 6) is 2.35. The van der Waals surface area contributed by atoms with Crippen molar-refractivity contribution in [3.05, 3.63) is 58.4 Å². The van der Waals surface area contributed by atoms with Crippen LogP contribution in [0, 0.1) is 25.1 Å². The van der Waals surface area contributed by atoms with Crippen LogP contribution in [0.2, 0.25) is 12.6 Å². The molecule has 30 heavy (non-hydrogen) atoms. The van der Waals surface area contributed by atoms with Gasteiger partial charge in [0, 0.05) is 24.4 Å². The third-order valence-corrected chi connectivity index (χ3v) is 6.08. The van der Waals surface area contributed by atoms with Crippen molar-refractivity contribution in [2.24, 2.45) is 0 Å². The summed E-state index contributed by atoms with van der Waals surface area (Å²) in [5, 5.41) is 15.2. The fraction of sp³-hybridized carbons (Fsp3) is 0.318. The molecule has 1 saturated heterocycles. The van der Waals surface area contributed by atoms with E-state index in [-0.39, 0.29) is 18.3 Å². The lowest BCUT2D eigenvalue weighted by Crippen LogP contribution is -2.29. The normalized spacial score (nSPS) is 15.0. The number of fused-ring (bicyclic) bond motifs is 2. The molecule has 4 aromatic heterocycles. The monoisotopic (exact) mass is 396 g/mol. The van der Waals surface area contributed by atoms with Crippen LogP contribution in [0.4, 0.5) is 0 Å². The largest absolute Gasteiger partial charge is 0.312 e. The maximum Gasteiger partial charge on any atom is 0.268 e. The Morgan fingerprint density at radius 1 is 1.20 bits per heavy atom. The number of aryl methyl sites for hydroxylation is 2. The molecule has 0 atom stereocenters. The van der Waals surface area contributed by atoms with Crippen molar-refractivity contribution >= 4 is 23.1 Å². The standard InChI is InChI=1S/C22H21BN6O/c1-14-9-20(27-29-12-15(2)26-21(14)29)19-10-16-5-8-28(22(30)18(16)11-25-19)17-3-6-23(13-24)7-4-17/h5,8-12,17H,3-4,6-7H2,1-2H3. The topological polar surface area (TPSA) is 88.9 Å². The van der Waals surface area contributed by atoms with Crippen LogP contribution in [-0.2, 0) is 0 Å². The quantitative estimate of drug-likeness (QED) is 0.483. The van der Waals surface area contributed by atoms with E-state index >= 15 is 0 Å². The van der Waals surface area contributed by atoms with E-state index < -0.39 is 0 Å². The highest BCUT2D eigenvalue weighted by Gasteiger charge is 2.26. The molecular weight excluding hydrogens is 375 g/mol. The fourth-order valence-electron chi connectivity index (χ4n) is 4.44. The molecule has 148 valence electrons. The highest BCUT2D eigenvalue weighted by atomic mass is 16.1. The second-order valence-electron chi connectivity index (χ2n) is 8.18. The molecule has 0 spiro atoms. The number of imidazole rings is 1. The van der Waals surface area contributed by atoms with E-state index in [0.29, 0.717) is 5.39 Å². The molecule has 1 aliphatic rings. The average Bonchev–Trinajstić information content (AvgIpc) is 3.15. The molecule has 1 aliphatic heterocycles. The Morgan fingerprint density at radius 2 is 2.00 bits per heavy atom. The van der Waals surface area contributed by atoms with Crippen molar-refractivity contribution < 1.29 is 0 Å². The Labute approximate surface area is 174 Å². The first-order chi connectivity index (χ1) is 14.5. The van der Waals surface area contributed by atoms with E-state index in [9.17, 15) is 4.79 Å². The first kappa shape index (κ1) is 18.6. The number of nitriles is 1. The summed E-state index contributed by atoms with van der Waals surface area (Å²) >= 11 is 0. The Hall–Kier alpha value is -3.47. The summed E-state index contributed by atoms with van der Waals surface area (Å²) in [4.78, 5) is 22.1. The highest BCUT2D eigenvalue weighted by Crippen LogP contribution is 2.29. The SMILES string of the molecule is Cc1cn2nc(-c3cc4ccn(C5CCB(C#N)CC5)c(=O)c4cn3)cc(C)c2n1. The lowest BCUT2D eigenvalue weighted by atomic mass is 9.42. The van der Waals surface area contributed by atoms with Gasteiger partial charge in [0.25, 0.3) is 12.3 Å². The van der Waals surface area contributed by atoms with Crippen LogP contribution < -0.4 is 5.56 Å². The van der Waals surface area contributed by atoms with E-state index in [1.807, 2.05) is 49.0 Å². The molecule has 0 saturated carbocycles. The van der Waals surface area contributed by atoms with Gasteiger partial charge in [-0.1, -0.05) is 12.6 Å². The molecule has 5 heterocycles. The average molecular weight is 396 g/mol. The van der Waals surface area contributed by atoms with E-state index in [2.05, 4.69) is 21.0 Å². The fourth-order valence-corrected chi connectivity index (χ4v) is 4.44. The third kappa shape index (κ3) is 3.07. The van der Waals surface area contributed by atoms with Crippen molar-refractivity contribution in [2.45, 2.75) is 45.4 Å². The van der Waals surface area contributed by atoms with Crippen molar-refractivity contribution in [2.75, 3.05) is 0 Å². The van der Waals surface area contributed by atoms with Crippen LogP contribution >= 0.6 is 0 Å². The number of hydrogen-bond donors (Lipinski definition) is 0. The van der Waals surface area contributed by atoms with Crippen LogP contribution in [0.5, 0.6) is 0 Å². The van der Waals surface area contributed by atoms with Gasteiger partial charge in [-0.05, 0) is 55.8 Å². The summed E-state index contributed by atoms with van der Waals surface area (Å²) in [5.41, 5.74) is 4.24. The lowest BCUT2D eigenvalue weighted by molar-refractivity contribution is 0.445. The molecule has 0 amide bonds. The zero-order chi connectivity index (χ0) is 20.8.